The summed E-state index contributed by atoms with van der Waals surface area (Å²) >= 11 is 0. The van der Waals surface area contributed by atoms with Crippen LogP contribution in [-0.2, 0) is 0 Å². The van der Waals surface area contributed by atoms with Gasteiger partial charge in [-0.1, -0.05) is 40.7 Å². The minimum absolute atomic E-state index is 0.0684. The van der Waals surface area contributed by atoms with Gasteiger partial charge in [0.2, 0.25) is 0 Å². The lowest BCUT2D eigenvalue weighted by Crippen LogP contribution is -1.81. The number of hydrogen-bond donors (Lipinski definition) is 1. The summed E-state index contributed by atoms with van der Waals surface area (Å²) in [6, 6.07) is 3.79. The summed E-state index contributed by atoms with van der Waals surface area (Å²) in [5.74, 6) is -0.292. The first-order valence-electron chi connectivity index (χ1n) is 5.67. The van der Waals surface area contributed by atoms with Gasteiger partial charge in [-0.05, 0) is 30.7 Å². The molecule has 0 aliphatic heterocycles. The van der Waals surface area contributed by atoms with E-state index in [9.17, 15) is 9.50 Å². The lowest BCUT2D eigenvalue weighted by molar-refractivity contribution is 0.471. The van der Waals surface area contributed by atoms with Crippen molar-refractivity contribution in [2.45, 2.75) is 41.0 Å². The Morgan fingerprint density at radius 2 is 1.75 bits per heavy atom. The summed E-state index contributed by atoms with van der Waals surface area (Å²) in [6.07, 6.45) is 1.25. The molecule has 0 saturated carbocycles. The molecule has 16 heavy (non-hydrogen) atoms. The predicted octanol–water partition coefficient (Wildman–Crippen LogP) is 5.01. The Morgan fingerprint density at radius 1 is 1.31 bits per heavy atom. The van der Waals surface area contributed by atoms with Crippen molar-refractivity contribution >= 4 is 5.57 Å². The SMILES string of the molecule is C=C(C)c1cc(F)ccc1O.CC.CCC. The standard InChI is InChI=1S/C9H9FO.C3H8.C2H6/c1-6(2)8-5-7(10)3-4-9(8)11;1-3-2;1-2/h3-5,11H,1H2,2H3;3H2,1-2H3;1-2H3. The van der Waals surface area contributed by atoms with Gasteiger partial charge in [-0.2, -0.15) is 0 Å². The number of phenols is 1. The van der Waals surface area contributed by atoms with Crippen molar-refractivity contribution in [1.29, 1.82) is 0 Å². The normalized spacial score (nSPS) is 8.12. The first-order valence-corrected chi connectivity index (χ1v) is 5.67. The van der Waals surface area contributed by atoms with Gasteiger partial charge in [0.1, 0.15) is 11.6 Å². The van der Waals surface area contributed by atoms with Crippen molar-refractivity contribution in [3.8, 4) is 5.75 Å². The van der Waals surface area contributed by atoms with E-state index in [4.69, 9.17) is 0 Å². The van der Waals surface area contributed by atoms with Crippen LogP contribution >= 0.6 is 0 Å². The van der Waals surface area contributed by atoms with Crippen LogP contribution in [0, 0.1) is 5.82 Å². The van der Waals surface area contributed by atoms with Gasteiger partial charge in [0.25, 0.3) is 0 Å². The Morgan fingerprint density at radius 3 is 2.06 bits per heavy atom. The third kappa shape index (κ3) is 7.04. The number of phenolic OH excluding ortho intramolecular Hbond substituents is 1. The largest absolute Gasteiger partial charge is 0.507 e. The van der Waals surface area contributed by atoms with E-state index in [1.165, 1.54) is 24.6 Å². The first-order chi connectivity index (χ1) is 7.52. The lowest BCUT2D eigenvalue weighted by Gasteiger charge is -2.01. The molecule has 0 aromatic heterocycles. The third-order valence-corrected chi connectivity index (χ3v) is 1.42. The van der Waals surface area contributed by atoms with Gasteiger partial charge in [0, 0.05) is 5.56 Å². The van der Waals surface area contributed by atoms with Crippen LogP contribution < -0.4 is 0 Å². The third-order valence-electron chi connectivity index (χ3n) is 1.42. The summed E-state index contributed by atoms with van der Waals surface area (Å²) < 4.78 is 12.6. The Labute approximate surface area is 98.6 Å². The molecule has 1 aromatic carbocycles. The molecule has 0 aliphatic carbocycles. The molecule has 1 nitrogen and oxygen atoms in total. The van der Waals surface area contributed by atoms with Crippen molar-refractivity contribution in [2.24, 2.45) is 0 Å². The van der Waals surface area contributed by atoms with Crippen molar-refractivity contribution in [3.63, 3.8) is 0 Å². The van der Waals surface area contributed by atoms with Gasteiger partial charge in [0.05, 0.1) is 0 Å². The first kappa shape index (κ1) is 17.1. The molecule has 92 valence electrons. The molecule has 0 atom stereocenters. The molecule has 0 radical (unpaired) electrons. The Hall–Kier alpha value is -1.31. The minimum atomic E-state index is -0.360. The highest BCUT2D eigenvalue weighted by Gasteiger charge is 2.01. The van der Waals surface area contributed by atoms with Gasteiger partial charge in [-0.25, -0.2) is 4.39 Å². The molecule has 0 amide bonds. The molecule has 0 fully saturated rings. The zero-order valence-corrected chi connectivity index (χ0v) is 11.0. The molecule has 0 heterocycles. The van der Waals surface area contributed by atoms with E-state index >= 15 is 0 Å². The fourth-order valence-electron chi connectivity index (χ4n) is 0.850. The summed E-state index contributed by atoms with van der Waals surface area (Å²) in [4.78, 5) is 0. The average Bonchev–Trinajstić information content (AvgIpc) is 2.25. The van der Waals surface area contributed by atoms with E-state index in [0.717, 1.165) is 0 Å². The van der Waals surface area contributed by atoms with Gasteiger partial charge >= 0.3 is 0 Å². The van der Waals surface area contributed by atoms with Crippen molar-refractivity contribution in [3.05, 3.63) is 36.2 Å². The van der Waals surface area contributed by atoms with E-state index in [1.807, 2.05) is 13.8 Å². The van der Waals surface area contributed by atoms with E-state index in [0.29, 0.717) is 11.1 Å². The predicted molar refractivity (Wildman–Crippen MR) is 70.1 cm³/mol. The Bertz CT molecular complexity index is 306. The quantitative estimate of drug-likeness (QED) is 0.714. The lowest BCUT2D eigenvalue weighted by atomic mass is 10.1. The summed E-state index contributed by atoms with van der Waals surface area (Å²) in [5.41, 5.74) is 1.12. The zero-order chi connectivity index (χ0) is 13.1. The Kier molecular flexibility index (Phi) is 10.9. The number of allylic oxidation sites excluding steroid dienone is 1. The van der Waals surface area contributed by atoms with Gasteiger partial charge in [-0.3, -0.25) is 0 Å². The van der Waals surface area contributed by atoms with Crippen LogP contribution in [0.2, 0.25) is 0 Å². The van der Waals surface area contributed by atoms with E-state index in [-0.39, 0.29) is 11.6 Å². The van der Waals surface area contributed by atoms with Crippen molar-refractivity contribution in [1.82, 2.24) is 0 Å². The number of benzene rings is 1. The second-order valence-electron chi connectivity index (χ2n) is 3.15. The monoisotopic (exact) mass is 226 g/mol. The second kappa shape index (κ2) is 10.2. The van der Waals surface area contributed by atoms with Crippen LogP contribution in [0.1, 0.15) is 46.6 Å². The van der Waals surface area contributed by atoms with Crippen LogP contribution in [-0.4, -0.2) is 5.11 Å². The van der Waals surface area contributed by atoms with Crippen LogP contribution in [0.4, 0.5) is 4.39 Å². The maximum atomic E-state index is 12.6. The second-order valence-corrected chi connectivity index (χ2v) is 3.15. The topological polar surface area (TPSA) is 20.2 Å². The van der Waals surface area contributed by atoms with E-state index < -0.39 is 0 Å². The van der Waals surface area contributed by atoms with Crippen molar-refractivity contribution < 1.29 is 9.50 Å². The molecule has 1 rings (SSSR count). The van der Waals surface area contributed by atoms with Gasteiger partial charge < -0.3 is 5.11 Å². The molecule has 0 spiro atoms. The zero-order valence-electron chi connectivity index (χ0n) is 11.0. The fraction of sp³-hybridized carbons (Fsp3) is 0.429. The maximum absolute atomic E-state index is 12.6. The van der Waals surface area contributed by atoms with Crippen LogP contribution in [0.15, 0.2) is 24.8 Å². The average molecular weight is 226 g/mol. The summed E-state index contributed by atoms with van der Waals surface area (Å²) in [5, 5.41) is 9.18. The summed E-state index contributed by atoms with van der Waals surface area (Å²) in [6.45, 7) is 13.6. The molecule has 1 aromatic rings. The highest BCUT2D eigenvalue weighted by molar-refractivity contribution is 5.66. The molecular formula is C14H23FO. The molecular weight excluding hydrogens is 203 g/mol. The number of rotatable bonds is 1. The maximum Gasteiger partial charge on any atom is 0.124 e. The Balaban J connectivity index is 0. The van der Waals surface area contributed by atoms with E-state index in [2.05, 4.69) is 20.4 Å². The van der Waals surface area contributed by atoms with Crippen LogP contribution in [0.25, 0.3) is 5.57 Å². The molecule has 0 bridgehead atoms. The number of aromatic hydroxyl groups is 1. The highest BCUT2D eigenvalue weighted by atomic mass is 19.1. The highest BCUT2D eigenvalue weighted by Crippen LogP contribution is 2.23. The smallest absolute Gasteiger partial charge is 0.124 e. The molecule has 0 saturated heterocycles. The molecule has 0 unspecified atom stereocenters. The summed E-state index contributed by atoms with van der Waals surface area (Å²) in [7, 11) is 0. The van der Waals surface area contributed by atoms with Crippen molar-refractivity contribution in [2.75, 3.05) is 0 Å². The van der Waals surface area contributed by atoms with Crippen LogP contribution in [0.5, 0.6) is 5.75 Å². The number of halogens is 1. The van der Waals surface area contributed by atoms with Gasteiger partial charge in [0.15, 0.2) is 0 Å². The molecule has 0 aliphatic rings. The number of hydrogen-bond acceptors (Lipinski definition) is 1. The van der Waals surface area contributed by atoms with Gasteiger partial charge in [-0.15, -0.1) is 0 Å². The fourth-order valence-corrected chi connectivity index (χ4v) is 0.850. The van der Waals surface area contributed by atoms with Crippen LogP contribution in [0.3, 0.4) is 0 Å². The molecule has 1 N–H and O–H groups in total. The molecule has 2 heteroatoms. The van der Waals surface area contributed by atoms with E-state index in [1.54, 1.807) is 6.92 Å². The minimum Gasteiger partial charge on any atom is -0.507 e.